The molecule has 12 heteroatoms. The summed E-state index contributed by atoms with van der Waals surface area (Å²) in [6.45, 7) is 1.56. The van der Waals surface area contributed by atoms with Crippen molar-refractivity contribution in [2.75, 3.05) is 43.1 Å². The van der Waals surface area contributed by atoms with Crippen LogP contribution >= 0.6 is 0 Å². The van der Waals surface area contributed by atoms with Gasteiger partial charge in [-0.05, 0) is 6.07 Å². The highest BCUT2D eigenvalue weighted by Crippen LogP contribution is 2.29. The Morgan fingerprint density at radius 3 is 2.52 bits per heavy atom. The molecule has 0 atom stereocenters. The second kappa shape index (κ2) is 9.57. The molecule has 11 nitrogen and oxygen atoms in total. The molecule has 2 aromatic rings. The van der Waals surface area contributed by atoms with E-state index in [9.17, 15) is 10.1 Å². The SMILES string of the molecule is COc1cnc(N2CCN(c3c(C#N)ccc(COC(=O)NC(=N)N)c3F)CC2)nc1. The average molecular weight is 428 g/mol. The van der Waals surface area contributed by atoms with Crippen LogP contribution in [0.25, 0.3) is 0 Å². The molecule has 1 saturated heterocycles. The lowest BCUT2D eigenvalue weighted by molar-refractivity contribution is 0.143. The maximum atomic E-state index is 15.2. The zero-order valence-corrected chi connectivity index (χ0v) is 16.8. The van der Waals surface area contributed by atoms with Crippen LogP contribution in [-0.4, -0.2) is 55.3 Å². The summed E-state index contributed by atoms with van der Waals surface area (Å²) in [7, 11) is 1.54. The largest absolute Gasteiger partial charge is 0.494 e. The third kappa shape index (κ3) is 5.08. The fourth-order valence-corrected chi connectivity index (χ4v) is 3.11. The van der Waals surface area contributed by atoms with Gasteiger partial charge in [0, 0.05) is 31.7 Å². The fraction of sp³-hybridized carbons (Fsp3) is 0.316. The zero-order valence-electron chi connectivity index (χ0n) is 16.8. The molecule has 31 heavy (non-hydrogen) atoms. The molecule has 1 aromatic carbocycles. The van der Waals surface area contributed by atoms with Gasteiger partial charge in [-0.15, -0.1) is 0 Å². The van der Waals surface area contributed by atoms with Crippen molar-refractivity contribution in [2.24, 2.45) is 5.73 Å². The number of benzene rings is 1. The van der Waals surface area contributed by atoms with Crippen molar-refractivity contribution in [1.29, 1.82) is 10.7 Å². The minimum Gasteiger partial charge on any atom is -0.494 e. The van der Waals surface area contributed by atoms with Crippen LogP contribution in [0.5, 0.6) is 5.75 Å². The van der Waals surface area contributed by atoms with Crippen LogP contribution < -0.4 is 25.6 Å². The number of anilines is 2. The van der Waals surface area contributed by atoms with Crippen molar-refractivity contribution in [3.63, 3.8) is 0 Å². The molecule has 0 aliphatic carbocycles. The highest BCUT2D eigenvalue weighted by atomic mass is 19.1. The standard InChI is InChI=1S/C19H21FN8O3/c1-30-14-9-24-18(25-10-14)28-6-4-27(5-7-28)16-12(8-21)2-3-13(15(16)20)11-31-19(29)26-17(22)23/h2-3,9-10H,4-7,11H2,1H3,(H4,22,23,26,29). The van der Waals surface area contributed by atoms with Gasteiger partial charge in [-0.3, -0.25) is 10.7 Å². The first-order chi connectivity index (χ1) is 14.9. The van der Waals surface area contributed by atoms with Crippen molar-refractivity contribution in [3.8, 4) is 11.8 Å². The highest BCUT2D eigenvalue weighted by molar-refractivity contribution is 5.90. The van der Waals surface area contributed by atoms with Gasteiger partial charge in [0.05, 0.1) is 30.8 Å². The number of carbonyl (C=O) groups excluding carboxylic acids is 1. The summed E-state index contributed by atoms with van der Waals surface area (Å²) in [4.78, 5) is 23.8. The third-order valence-electron chi connectivity index (χ3n) is 4.64. The van der Waals surface area contributed by atoms with Crippen LogP contribution in [-0.2, 0) is 11.3 Å². The Morgan fingerprint density at radius 2 is 1.94 bits per heavy atom. The number of ether oxygens (including phenoxy) is 2. The first-order valence-corrected chi connectivity index (χ1v) is 9.28. The van der Waals surface area contributed by atoms with Crippen LogP contribution in [0.2, 0.25) is 0 Å². The van der Waals surface area contributed by atoms with Gasteiger partial charge < -0.3 is 25.0 Å². The van der Waals surface area contributed by atoms with Crippen molar-refractivity contribution in [1.82, 2.24) is 15.3 Å². The van der Waals surface area contributed by atoms with Crippen molar-refractivity contribution < 1.29 is 18.7 Å². The Kier molecular flexibility index (Phi) is 6.66. The molecule has 0 bridgehead atoms. The summed E-state index contributed by atoms with van der Waals surface area (Å²) < 4.78 is 25.1. The number of guanidine groups is 1. The van der Waals surface area contributed by atoms with E-state index >= 15 is 4.39 Å². The molecule has 1 aromatic heterocycles. The van der Waals surface area contributed by atoms with E-state index in [0.29, 0.717) is 37.9 Å². The summed E-state index contributed by atoms with van der Waals surface area (Å²) in [6.07, 6.45) is 2.19. The second-order valence-corrected chi connectivity index (χ2v) is 6.56. The maximum absolute atomic E-state index is 15.2. The van der Waals surface area contributed by atoms with Crippen LogP contribution in [0.15, 0.2) is 24.5 Å². The summed E-state index contributed by atoms with van der Waals surface area (Å²) in [6, 6.07) is 4.88. The minimum atomic E-state index is -0.967. The smallest absolute Gasteiger partial charge is 0.414 e. The number of halogens is 1. The van der Waals surface area contributed by atoms with Crippen LogP contribution in [0.4, 0.5) is 20.8 Å². The number of amides is 1. The fourth-order valence-electron chi connectivity index (χ4n) is 3.11. The lowest BCUT2D eigenvalue weighted by atomic mass is 10.1. The molecule has 0 spiro atoms. The second-order valence-electron chi connectivity index (χ2n) is 6.56. The third-order valence-corrected chi connectivity index (χ3v) is 4.64. The van der Waals surface area contributed by atoms with Gasteiger partial charge >= 0.3 is 6.09 Å². The quantitative estimate of drug-likeness (QED) is 0.466. The van der Waals surface area contributed by atoms with E-state index in [2.05, 4.69) is 9.97 Å². The van der Waals surface area contributed by atoms with Crippen molar-refractivity contribution in [3.05, 3.63) is 41.5 Å². The molecule has 2 heterocycles. The topological polar surface area (TPSA) is 153 Å². The Labute approximate surface area is 177 Å². The molecule has 0 saturated carbocycles. The average Bonchev–Trinajstić information content (AvgIpc) is 2.78. The van der Waals surface area contributed by atoms with E-state index in [1.54, 1.807) is 17.3 Å². The van der Waals surface area contributed by atoms with Gasteiger partial charge in [0.2, 0.25) is 5.95 Å². The number of aromatic nitrogens is 2. The zero-order chi connectivity index (χ0) is 22.4. The van der Waals surface area contributed by atoms with Gasteiger partial charge in [0.1, 0.15) is 12.7 Å². The van der Waals surface area contributed by atoms with E-state index in [4.69, 9.17) is 20.6 Å². The molecular weight excluding hydrogens is 407 g/mol. The predicted octanol–water partition coefficient (Wildman–Crippen LogP) is 0.942. The van der Waals surface area contributed by atoms with E-state index in [1.807, 2.05) is 16.3 Å². The number of rotatable bonds is 5. The summed E-state index contributed by atoms with van der Waals surface area (Å²) in [5.41, 5.74) is 5.50. The summed E-state index contributed by atoms with van der Waals surface area (Å²) >= 11 is 0. The predicted molar refractivity (Wildman–Crippen MR) is 109 cm³/mol. The van der Waals surface area contributed by atoms with Crippen LogP contribution in [0.3, 0.4) is 0 Å². The van der Waals surface area contributed by atoms with Crippen molar-refractivity contribution >= 4 is 23.7 Å². The number of carbonyl (C=O) groups is 1. The Bertz CT molecular complexity index is 1000. The molecule has 0 radical (unpaired) electrons. The molecular formula is C19H21FN8O3. The minimum absolute atomic E-state index is 0.105. The number of nitrogens with zero attached hydrogens (tertiary/aromatic N) is 5. The number of piperazine rings is 1. The highest BCUT2D eigenvalue weighted by Gasteiger charge is 2.25. The van der Waals surface area contributed by atoms with E-state index in [0.717, 1.165) is 0 Å². The normalized spacial score (nSPS) is 13.3. The van der Waals surface area contributed by atoms with Gasteiger partial charge in [-0.25, -0.2) is 19.2 Å². The molecule has 4 N–H and O–H groups in total. The monoisotopic (exact) mass is 428 g/mol. The van der Waals surface area contributed by atoms with Crippen LogP contribution in [0, 0.1) is 22.6 Å². The molecule has 162 valence electrons. The number of methoxy groups -OCH3 is 1. The first kappa shape index (κ1) is 21.6. The first-order valence-electron chi connectivity index (χ1n) is 9.28. The molecule has 0 unspecified atom stereocenters. The number of nitrogens with two attached hydrogens (primary N) is 1. The molecule has 1 amide bonds. The van der Waals surface area contributed by atoms with Gasteiger partial charge in [0.15, 0.2) is 17.5 Å². The molecule has 1 aliphatic heterocycles. The summed E-state index contributed by atoms with van der Waals surface area (Å²) in [5.74, 6) is -0.118. The van der Waals surface area contributed by atoms with Gasteiger partial charge in [-0.2, -0.15) is 5.26 Å². The number of hydrogen-bond donors (Lipinski definition) is 3. The van der Waals surface area contributed by atoms with Crippen LogP contribution in [0.1, 0.15) is 11.1 Å². The Balaban J connectivity index is 1.72. The van der Waals surface area contributed by atoms with E-state index < -0.39 is 17.9 Å². The molecule has 1 fully saturated rings. The molecule has 1 aliphatic rings. The number of nitrogens with one attached hydrogen (secondary N) is 2. The Hall–Kier alpha value is -4.14. The van der Waals surface area contributed by atoms with E-state index in [-0.39, 0.29) is 23.4 Å². The number of alkyl carbamates (subject to hydrolysis) is 1. The van der Waals surface area contributed by atoms with E-state index in [1.165, 1.54) is 19.2 Å². The number of hydrogen-bond acceptors (Lipinski definition) is 9. The van der Waals surface area contributed by atoms with Crippen molar-refractivity contribution in [2.45, 2.75) is 6.61 Å². The molecule has 3 rings (SSSR count). The lowest BCUT2D eigenvalue weighted by Gasteiger charge is -2.36. The summed E-state index contributed by atoms with van der Waals surface area (Å²) in [5, 5.41) is 18.4. The van der Waals surface area contributed by atoms with Gasteiger partial charge in [-0.1, -0.05) is 6.07 Å². The lowest BCUT2D eigenvalue weighted by Crippen LogP contribution is -2.47. The van der Waals surface area contributed by atoms with Gasteiger partial charge in [0.25, 0.3) is 0 Å². The maximum Gasteiger partial charge on any atom is 0.414 e. The Morgan fingerprint density at radius 1 is 1.29 bits per heavy atom. The number of nitriles is 1.